The standard InChI is InChI=1S/C14H23N3O3S/c1-3-17-8-4-5-11(17)10-16-13-9-12(21(15,18)19)6-7-14(13)20-2/h6-7,9,11,16H,3-5,8,10H2,1-2H3,(H2,15,18,19). The van der Waals surface area contributed by atoms with Crippen LogP contribution >= 0.6 is 0 Å². The number of nitrogens with two attached hydrogens (primary N) is 1. The summed E-state index contributed by atoms with van der Waals surface area (Å²) in [6, 6.07) is 5.07. The number of nitrogens with one attached hydrogen (secondary N) is 1. The van der Waals surface area contributed by atoms with Crippen LogP contribution in [0.5, 0.6) is 5.75 Å². The molecule has 1 saturated heterocycles. The lowest BCUT2D eigenvalue weighted by atomic mass is 10.2. The van der Waals surface area contributed by atoms with Crippen molar-refractivity contribution >= 4 is 15.7 Å². The minimum Gasteiger partial charge on any atom is -0.495 e. The number of sulfonamides is 1. The van der Waals surface area contributed by atoms with Gasteiger partial charge in [0.1, 0.15) is 5.75 Å². The van der Waals surface area contributed by atoms with Crippen LogP contribution in [0.1, 0.15) is 19.8 Å². The molecule has 1 atom stereocenters. The molecule has 1 unspecified atom stereocenters. The average Bonchev–Trinajstić information content (AvgIpc) is 2.91. The van der Waals surface area contributed by atoms with Gasteiger partial charge in [0.2, 0.25) is 10.0 Å². The van der Waals surface area contributed by atoms with Crippen molar-refractivity contribution in [3.63, 3.8) is 0 Å². The summed E-state index contributed by atoms with van der Waals surface area (Å²) in [4.78, 5) is 2.51. The Bertz CT molecular complexity index is 589. The molecule has 0 amide bonds. The van der Waals surface area contributed by atoms with E-state index in [1.165, 1.54) is 18.6 Å². The molecule has 0 radical (unpaired) electrons. The highest BCUT2D eigenvalue weighted by Gasteiger charge is 2.23. The number of ether oxygens (including phenoxy) is 1. The second kappa shape index (κ2) is 6.64. The highest BCUT2D eigenvalue weighted by molar-refractivity contribution is 7.89. The number of hydrogen-bond acceptors (Lipinski definition) is 5. The molecule has 3 N–H and O–H groups in total. The van der Waals surface area contributed by atoms with Gasteiger partial charge in [-0.3, -0.25) is 4.90 Å². The van der Waals surface area contributed by atoms with Gasteiger partial charge in [0.15, 0.2) is 0 Å². The number of likely N-dealkylation sites (N-methyl/N-ethyl adjacent to an activating group) is 1. The molecule has 1 fully saturated rings. The Morgan fingerprint density at radius 3 is 2.86 bits per heavy atom. The fourth-order valence-electron chi connectivity index (χ4n) is 2.77. The van der Waals surface area contributed by atoms with Crippen molar-refractivity contribution in [2.24, 2.45) is 5.14 Å². The zero-order valence-corrected chi connectivity index (χ0v) is 13.3. The first kappa shape index (κ1) is 16.1. The maximum absolute atomic E-state index is 11.4. The summed E-state index contributed by atoms with van der Waals surface area (Å²) < 4.78 is 28.2. The van der Waals surface area contributed by atoms with Gasteiger partial charge in [-0.05, 0) is 44.1 Å². The Hall–Kier alpha value is -1.31. The summed E-state index contributed by atoms with van der Waals surface area (Å²) in [5.41, 5.74) is 0.659. The first-order valence-corrected chi connectivity index (χ1v) is 8.69. The molecular formula is C14H23N3O3S. The number of methoxy groups -OCH3 is 1. The molecule has 0 saturated carbocycles. The first-order chi connectivity index (χ1) is 9.95. The number of hydrogen-bond donors (Lipinski definition) is 2. The fourth-order valence-corrected chi connectivity index (χ4v) is 3.31. The van der Waals surface area contributed by atoms with Crippen molar-refractivity contribution in [1.82, 2.24) is 4.90 Å². The van der Waals surface area contributed by atoms with E-state index in [1.807, 2.05) is 0 Å². The number of primary sulfonamides is 1. The van der Waals surface area contributed by atoms with Crippen LogP contribution in [0.25, 0.3) is 0 Å². The first-order valence-electron chi connectivity index (χ1n) is 7.14. The van der Waals surface area contributed by atoms with Gasteiger partial charge in [-0.15, -0.1) is 0 Å². The highest BCUT2D eigenvalue weighted by atomic mass is 32.2. The molecule has 0 aromatic heterocycles. The van der Waals surface area contributed by atoms with Crippen LogP contribution in [0.3, 0.4) is 0 Å². The smallest absolute Gasteiger partial charge is 0.238 e. The number of anilines is 1. The molecule has 1 aliphatic rings. The van der Waals surface area contributed by atoms with Crippen molar-refractivity contribution in [2.75, 3.05) is 32.1 Å². The van der Waals surface area contributed by atoms with Crippen LogP contribution in [0.15, 0.2) is 23.1 Å². The molecule has 2 rings (SSSR count). The van der Waals surface area contributed by atoms with Crippen LogP contribution in [0.4, 0.5) is 5.69 Å². The Labute approximate surface area is 126 Å². The molecule has 0 spiro atoms. The molecule has 1 aromatic rings. The maximum atomic E-state index is 11.4. The molecule has 6 nitrogen and oxygen atoms in total. The van der Waals surface area contributed by atoms with E-state index in [4.69, 9.17) is 9.88 Å². The van der Waals surface area contributed by atoms with E-state index in [2.05, 4.69) is 17.1 Å². The summed E-state index contributed by atoms with van der Waals surface area (Å²) in [7, 11) is -2.15. The van der Waals surface area contributed by atoms with E-state index < -0.39 is 10.0 Å². The monoisotopic (exact) mass is 313 g/mol. The zero-order valence-electron chi connectivity index (χ0n) is 12.5. The van der Waals surface area contributed by atoms with E-state index in [0.29, 0.717) is 17.5 Å². The Kier molecular flexibility index (Phi) is 5.08. The van der Waals surface area contributed by atoms with E-state index in [9.17, 15) is 8.42 Å². The van der Waals surface area contributed by atoms with Gasteiger partial charge in [-0.1, -0.05) is 6.92 Å². The average molecular weight is 313 g/mol. The van der Waals surface area contributed by atoms with Crippen molar-refractivity contribution in [2.45, 2.75) is 30.7 Å². The van der Waals surface area contributed by atoms with Gasteiger partial charge in [0.05, 0.1) is 17.7 Å². The lowest BCUT2D eigenvalue weighted by molar-refractivity contribution is 0.277. The quantitative estimate of drug-likeness (QED) is 0.825. The van der Waals surface area contributed by atoms with E-state index in [-0.39, 0.29) is 4.90 Å². The normalized spacial score (nSPS) is 19.7. The van der Waals surface area contributed by atoms with Gasteiger partial charge < -0.3 is 10.1 Å². The van der Waals surface area contributed by atoms with E-state index in [1.54, 1.807) is 13.2 Å². The number of nitrogens with zero attached hydrogens (tertiary/aromatic N) is 1. The number of likely N-dealkylation sites (tertiary alicyclic amines) is 1. The topological polar surface area (TPSA) is 84.7 Å². The van der Waals surface area contributed by atoms with Crippen LogP contribution < -0.4 is 15.2 Å². The lowest BCUT2D eigenvalue weighted by Crippen LogP contribution is -2.34. The van der Waals surface area contributed by atoms with Crippen LogP contribution in [0, 0.1) is 0 Å². The second-order valence-electron chi connectivity index (χ2n) is 5.21. The predicted octanol–water partition coefficient (Wildman–Crippen LogP) is 1.24. The van der Waals surface area contributed by atoms with Gasteiger partial charge in [-0.2, -0.15) is 0 Å². The molecule has 7 heteroatoms. The molecule has 0 aliphatic carbocycles. The fraction of sp³-hybridized carbons (Fsp3) is 0.571. The molecule has 0 bridgehead atoms. The van der Waals surface area contributed by atoms with Crippen molar-refractivity contribution in [3.8, 4) is 5.75 Å². The molecular weight excluding hydrogens is 290 g/mol. The maximum Gasteiger partial charge on any atom is 0.238 e. The summed E-state index contributed by atoms with van der Waals surface area (Å²) in [5, 5.41) is 8.47. The Morgan fingerprint density at radius 2 is 2.24 bits per heavy atom. The van der Waals surface area contributed by atoms with Crippen molar-refractivity contribution in [3.05, 3.63) is 18.2 Å². The van der Waals surface area contributed by atoms with E-state index in [0.717, 1.165) is 26.1 Å². The number of benzene rings is 1. The van der Waals surface area contributed by atoms with Gasteiger partial charge in [-0.25, -0.2) is 13.6 Å². The lowest BCUT2D eigenvalue weighted by Gasteiger charge is -2.24. The predicted molar refractivity (Wildman–Crippen MR) is 83.1 cm³/mol. The van der Waals surface area contributed by atoms with Crippen molar-refractivity contribution < 1.29 is 13.2 Å². The Morgan fingerprint density at radius 1 is 1.48 bits per heavy atom. The molecule has 1 aliphatic heterocycles. The largest absolute Gasteiger partial charge is 0.495 e. The Balaban J connectivity index is 2.14. The van der Waals surface area contributed by atoms with Gasteiger partial charge >= 0.3 is 0 Å². The molecule has 1 aromatic carbocycles. The SMILES string of the molecule is CCN1CCCC1CNc1cc(S(N)(=O)=O)ccc1OC. The summed E-state index contributed by atoms with van der Waals surface area (Å²) in [6.07, 6.45) is 2.35. The molecule has 1 heterocycles. The van der Waals surface area contributed by atoms with Crippen LogP contribution in [0.2, 0.25) is 0 Å². The third-order valence-electron chi connectivity index (χ3n) is 3.93. The summed E-state index contributed by atoms with van der Waals surface area (Å²) in [5.74, 6) is 0.614. The van der Waals surface area contributed by atoms with Gasteiger partial charge in [0.25, 0.3) is 0 Å². The zero-order chi connectivity index (χ0) is 15.5. The molecule has 21 heavy (non-hydrogen) atoms. The second-order valence-corrected chi connectivity index (χ2v) is 6.77. The summed E-state index contributed by atoms with van der Waals surface area (Å²) >= 11 is 0. The molecule has 118 valence electrons. The number of rotatable bonds is 6. The van der Waals surface area contributed by atoms with Crippen molar-refractivity contribution in [1.29, 1.82) is 0 Å². The van der Waals surface area contributed by atoms with Crippen LogP contribution in [-0.2, 0) is 10.0 Å². The highest BCUT2D eigenvalue weighted by Crippen LogP contribution is 2.28. The van der Waals surface area contributed by atoms with Gasteiger partial charge in [0, 0.05) is 12.6 Å². The minimum absolute atomic E-state index is 0.0876. The third kappa shape index (κ3) is 3.87. The van der Waals surface area contributed by atoms with Crippen LogP contribution in [-0.4, -0.2) is 46.1 Å². The third-order valence-corrected chi connectivity index (χ3v) is 4.84. The summed E-state index contributed by atoms with van der Waals surface area (Å²) in [6.45, 7) is 5.07. The minimum atomic E-state index is -3.71. The van der Waals surface area contributed by atoms with E-state index >= 15 is 0 Å².